The molecular formula is C30H40N2O5S2. The summed E-state index contributed by atoms with van der Waals surface area (Å²) in [5, 5.41) is 0.150. The van der Waals surface area contributed by atoms with Crippen LogP contribution in [0.1, 0.15) is 76.8 Å². The minimum atomic E-state index is -3.96. The van der Waals surface area contributed by atoms with Gasteiger partial charge in [-0.1, -0.05) is 70.6 Å². The number of carbonyl (C=O) groups excluding carboxylic acids is 1. The van der Waals surface area contributed by atoms with Gasteiger partial charge in [0, 0.05) is 6.54 Å². The lowest BCUT2D eigenvalue weighted by Gasteiger charge is -2.12. The number of unbranched alkanes of at least 4 members (excludes halogenated alkanes) is 6. The van der Waals surface area contributed by atoms with Crippen LogP contribution in [0.25, 0.3) is 6.08 Å². The van der Waals surface area contributed by atoms with E-state index < -0.39 is 10.0 Å². The number of amides is 1. The number of methoxy groups -OCH3 is 1. The topological polar surface area (TPSA) is 85.3 Å². The molecule has 0 N–H and O–H groups in total. The van der Waals surface area contributed by atoms with E-state index >= 15 is 0 Å². The molecule has 9 heteroatoms. The van der Waals surface area contributed by atoms with E-state index in [2.05, 4.69) is 11.3 Å². The number of sulfonamides is 1. The third-order valence-corrected chi connectivity index (χ3v) is 8.93. The fraction of sp³-hybridized carbons (Fsp3) is 0.467. The van der Waals surface area contributed by atoms with Crippen molar-refractivity contribution in [1.29, 1.82) is 0 Å². The maximum atomic E-state index is 13.1. The van der Waals surface area contributed by atoms with Crippen LogP contribution in [0.5, 0.6) is 11.5 Å². The summed E-state index contributed by atoms with van der Waals surface area (Å²) < 4.78 is 41.4. The van der Waals surface area contributed by atoms with Crippen molar-refractivity contribution in [1.82, 2.24) is 4.90 Å². The first-order chi connectivity index (χ1) is 18.8. The summed E-state index contributed by atoms with van der Waals surface area (Å²) in [6, 6.07) is 12.2. The predicted octanol–water partition coefficient (Wildman–Crippen LogP) is 7.07. The van der Waals surface area contributed by atoms with Crippen LogP contribution in [-0.4, -0.2) is 44.7 Å². The highest BCUT2D eigenvalue weighted by Gasteiger charge is 2.34. The van der Waals surface area contributed by atoms with Gasteiger partial charge in [-0.05, 0) is 73.0 Å². The van der Waals surface area contributed by atoms with Crippen LogP contribution in [0, 0.1) is 0 Å². The summed E-state index contributed by atoms with van der Waals surface area (Å²) in [7, 11) is -2.36. The van der Waals surface area contributed by atoms with Crippen molar-refractivity contribution in [3.05, 3.63) is 58.5 Å². The SMILES string of the molecule is CCCCCCCCCOc1cc(C=C2SC(=NS(=O)(=O)c3ccc(CC)cc3)N(CC)C2=O)ccc1OC. The number of hydrogen-bond acceptors (Lipinski definition) is 6. The Balaban J connectivity index is 1.73. The molecule has 7 nitrogen and oxygen atoms in total. The molecule has 212 valence electrons. The minimum Gasteiger partial charge on any atom is -0.493 e. The second kappa shape index (κ2) is 15.1. The number of thioether (sulfide) groups is 1. The first-order valence-electron chi connectivity index (χ1n) is 13.8. The van der Waals surface area contributed by atoms with Crippen molar-refractivity contribution >= 4 is 38.9 Å². The molecule has 39 heavy (non-hydrogen) atoms. The molecule has 1 amide bonds. The van der Waals surface area contributed by atoms with Crippen LogP contribution in [0.15, 0.2) is 56.7 Å². The summed E-state index contributed by atoms with van der Waals surface area (Å²) in [5.41, 5.74) is 1.80. The van der Waals surface area contributed by atoms with Crippen molar-refractivity contribution in [2.24, 2.45) is 4.40 Å². The fourth-order valence-corrected chi connectivity index (χ4v) is 6.44. The van der Waals surface area contributed by atoms with Gasteiger partial charge in [-0.25, -0.2) is 0 Å². The number of nitrogens with zero attached hydrogens (tertiary/aromatic N) is 2. The molecular weight excluding hydrogens is 532 g/mol. The first-order valence-corrected chi connectivity index (χ1v) is 16.0. The molecule has 0 aliphatic carbocycles. The van der Waals surface area contributed by atoms with E-state index in [1.807, 2.05) is 25.1 Å². The summed E-state index contributed by atoms with van der Waals surface area (Å²) in [4.78, 5) is 15.0. The molecule has 0 bridgehead atoms. The molecule has 1 fully saturated rings. The number of amidine groups is 1. The lowest BCUT2D eigenvalue weighted by Crippen LogP contribution is -2.29. The van der Waals surface area contributed by atoms with E-state index in [-0.39, 0.29) is 16.0 Å². The molecule has 0 unspecified atom stereocenters. The van der Waals surface area contributed by atoms with Crippen molar-refractivity contribution in [3.8, 4) is 11.5 Å². The van der Waals surface area contributed by atoms with E-state index in [1.165, 1.54) is 37.0 Å². The van der Waals surface area contributed by atoms with Gasteiger partial charge in [0.1, 0.15) is 0 Å². The molecule has 0 radical (unpaired) electrons. The van der Waals surface area contributed by atoms with Crippen LogP contribution in [-0.2, 0) is 21.2 Å². The average molecular weight is 573 g/mol. The van der Waals surface area contributed by atoms with Gasteiger partial charge in [0.2, 0.25) is 0 Å². The molecule has 0 spiro atoms. The Morgan fingerprint density at radius 1 is 0.923 bits per heavy atom. The molecule has 0 atom stereocenters. The van der Waals surface area contributed by atoms with Gasteiger partial charge in [-0.2, -0.15) is 8.42 Å². The Hall–Kier alpha value is -2.78. The zero-order chi connectivity index (χ0) is 28.3. The quantitative estimate of drug-likeness (QED) is 0.168. The Kier molecular flexibility index (Phi) is 11.9. The Morgan fingerprint density at radius 3 is 2.26 bits per heavy atom. The third-order valence-electron chi connectivity index (χ3n) is 6.52. The Bertz CT molecular complexity index is 1270. The number of rotatable bonds is 15. The number of benzene rings is 2. The van der Waals surface area contributed by atoms with E-state index in [0.717, 1.165) is 42.2 Å². The van der Waals surface area contributed by atoms with E-state index in [0.29, 0.717) is 29.6 Å². The second-order valence-electron chi connectivity index (χ2n) is 9.39. The summed E-state index contributed by atoms with van der Waals surface area (Å²) in [5.74, 6) is 0.967. The lowest BCUT2D eigenvalue weighted by molar-refractivity contribution is -0.122. The highest BCUT2D eigenvalue weighted by atomic mass is 32.2. The average Bonchev–Trinajstić information content (AvgIpc) is 3.22. The molecule has 0 aromatic heterocycles. The Morgan fingerprint density at radius 2 is 1.62 bits per heavy atom. The maximum absolute atomic E-state index is 13.1. The number of hydrogen-bond donors (Lipinski definition) is 0. The molecule has 2 aromatic carbocycles. The Labute approximate surface area is 237 Å². The van der Waals surface area contributed by atoms with Gasteiger partial charge < -0.3 is 9.47 Å². The van der Waals surface area contributed by atoms with Crippen LogP contribution in [0.3, 0.4) is 0 Å². The van der Waals surface area contributed by atoms with Gasteiger partial charge in [0.15, 0.2) is 16.7 Å². The number of carbonyl (C=O) groups is 1. The standard InChI is InChI=1S/C30H40N2O5S2/c1-5-8-9-10-11-12-13-20-37-27-21-24(16-19-26(27)36-4)22-28-29(33)32(7-3)30(38-28)31-39(34,35)25-17-14-23(6-2)15-18-25/h14-19,21-22H,5-13,20H2,1-4H3. The summed E-state index contributed by atoms with van der Waals surface area (Å²) in [6.45, 7) is 6.92. The molecule has 1 aliphatic rings. The maximum Gasteiger partial charge on any atom is 0.284 e. The van der Waals surface area contributed by atoms with Crippen LogP contribution in [0.4, 0.5) is 0 Å². The highest BCUT2D eigenvalue weighted by molar-refractivity contribution is 8.19. The normalized spacial score (nSPS) is 15.9. The van der Waals surface area contributed by atoms with Crippen molar-refractivity contribution in [3.63, 3.8) is 0 Å². The number of aryl methyl sites for hydroxylation is 1. The van der Waals surface area contributed by atoms with Gasteiger partial charge in [-0.3, -0.25) is 9.69 Å². The van der Waals surface area contributed by atoms with Gasteiger partial charge in [0.25, 0.3) is 15.9 Å². The molecule has 1 saturated heterocycles. The summed E-state index contributed by atoms with van der Waals surface area (Å²) in [6.07, 6.45) is 11.0. The molecule has 1 heterocycles. The predicted molar refractivity (Wildman–Crippen MR) is 160 cm³/mol. The van der Waals surface area contributed by atoms with E-state index in [9.17, 15) is 13.2 Å². The monoisotopic (exact) mass is 572 g/mol. The minimum absolute atomic E-state index is 0.103. The van der Waals surface area contributed by atoms with Crippen molar-refractivity contribution < 1.29 is 22.7 Å². The van der Waals surface area contributed by atoms with E-state index in [4.69, 9.17) is 9.47 Å². The third kappa shape index (κ3) is 8.60. The van der Waals surface area contributed by atoms with Gasteiger partial charge in [-0.15, -0.1) is 4.40 Å². The fourth-order valence-electron chi connectivity index (χ4n) is 4.20. The smallest absolute Gasteiger partial charge is 0.284 e. The van der Waals surface area contributed by atoms with Crippen LogP contribution < -0.4 is 9.47 Å². The zero-order valence-corrected chi connectivity index (χ0v) is 25.1. The molecule has 0 saturated carbocycles. The zero-order valence-electron chi connectivity index (χ0n) is 23.4. The highest BCUT2D eigenvalue weighted by Crippen LogP contribution is 2.35. The van der Waals surface area contributed by atoms with Crippen LogP contribution in [0.2, 0.25) is 0 Å². The second-order valence-corrected chi connectivity index (χ2v) is 12.0. The molecule has 3 rings (SSSR count). The van der Waals surface area contributed by atoms with Gasteiger partial charge in [0.05, 0.1) is 23.5 Å². The van der Waals surface area contributed by atoms with Crippen molar-refractivity contribution in [2.75, 3.05) is 20.3 Å². The first kappa shape index (κ1) is 30.8. The molecule has 2 aromatic rings. The van der Waals surface area contributed by atoms with Crippen LogP contribution >= 0.6 is 11.8 Å². The molecule has 1 aliphatic heterocycles. The number of likely N-dealkylation sites (N-methyl/N-ethyl adjacent to an activating group) is 1. The van der Waals surface area contributed by atoms with Crippen molar-refractivity contribution in [2.45, 2.75) is 77.0 Å². The number of ether oxygens (including phenoxy) is 2. The largest absolute Gasteiger partial charge is 0.493 e. The lowest BCUT2D eigenvalue weighted by atomic mass is 10.1. The van der Waals surface area contributed by atoms with Gasteiger partial charge >= 0.3 is 0 Å². The summed E-state index contributed by atoms with van der Waals surface area (Å²) >= 11 is 1.06. The van der Waals surface area contributed by atoms with E-state index in [1.54, 1.807) is 44.4 Å².